The highest BCUT2D eigenvalue weighted by Crippen LogP contribution is 2.28. The maximum Gasteiger partial charge on any atom is 0.162 e. The number of imidazole rings is 1. The Labute approximate surface area is 128 Å². The van der Waals surface area contributed by atoms with Crippen LogP contribution in [0.25, 0.3) is 16.7 Å². The fraction of sp³-hybridized carbons (Fsp3) is 0. The highest BCUT2D eigenvalue weighted by Gasteiger charge is 2.15. The number of rotatable bonds is 2. The van der Waals surface area contributed by atoms with Crippen LogP contribution in [0.4, 0.5) is 4.39 Å². The van der Waals surface area contributed by atoms with Crippen molar-refractivity contribution in [1.82, 2.24) is 9.55 Å². The first-order chi connectivity index (χ1) is 9.59. The van der Waals surface area contributed by atoms with Crippen molar-refractivity contribution in [2.24, 2.45) is 5.73 Å². The zero-order chi connectivity index (χ0) is 14.3. The third kappa shape index (κ3) is 2.01. The minimum atomic E-state index is -0.418. The third-order valence-electron chi connectivity index (χ3n) is 3.04. The highest BCUT2D eigenvalue weighted by atomic mass is 79.9. The molecule has 0 saturated heterocycles. The molecular weight excluding hydrogens is 341 g/mol. The molecule has 1 aromatic heterocycles. The van der Waals surface area contributed by atoms with E-state index in [4.69, 9.17) is 18.0 Å². The number of nitrogens with two attached hydrogens (primary N) is 1. The summed E-state index contributed by atoms with van der Waals surface area (Å²) in [6, 6.07) is 10.9. The standard InChI is InChI=1S/C14H9BrFN3S/c15-12-8(14(17)20)5-6-11(13(12)16)19-7-18-9-3-1-2-4-10(9)19/h1-7H,(H2,17,20). The molecule has 0 radical (unpaired) electrons. The minimum absolute atomic E-state index is 0.151. The predicted octanol–water partition coefficient (Wildman–Crippen LogP) is 3.56. The van der Waals surface area contributed by atoms with Gasteiger partial charge in [0, 0.05) is 5.56 Å². The van der Waals surface area contributed by atoms with Crippen LogP contribution in [0.5, 0.6) is 0 Å². The molecule has 2 aromatic carbocycles. The van der Waals surface area contributed by atoms with Gasteiger partial charge in [0.1, 0.15) is 11.3 Å². The molecule has 0 spiro atoms. The Balaban J connectivity index is 2.25. The molecular formula is C14H9BrFN3S. The normalized spacial score (nSPS) is 10.9. The molecule has 100 valence electrons. The van der Waals surface area contributed by atoms with E-state index >= 15 is 0 Å². The number of aromatic nitrogens is 2. The second-order valence-electron chi connectivity index (χ2n) is 4.23. The lowest BCUT2D eigenvalue weighted by atomic mass is 10.2. The van der Waals surface area contributed by atoms with E-state index in [0.29, 0.717) is 11.3 Å². The summed E-state index contributed by atoms with van der Waals surface area (Å²) in [6.07, 6.45) is 1.59. The van der Waals surface area contributed by atoms with Crippen LogP contribution in [-0.2, 0) is 0 Å². The average molecular weight is 350 g/mol. The van der Waals surface area contributed by atoms with Crippen LogP contribution in [0.3, 0.4) is 0 Å². The predicted molar refractivity (Wildman–Crippen MR) is 84.6 cm³/mol. The molecule has 1 heterocycles. The molecule has 3 nitrogen and oxygen atoms in total. The molecule has 0 fully saturated rings. The smallest absolute Gasteiger partial charge is 0.162 e. The lowest BCUT2D eigenvalue weighted by molar-refractivity contribution is 0.612. The van der Waals surface area contributed by atoms with E-state index in [-0.39, 0.29) is 9.46 Å². The van der Waals surface area contributed by atoms with Gasteiger partial charge in [-0.1, -0.05) is 24.4 Å². The van der Waals surface area contributed by atoms with Gasteiger partial charge in [-0.15, -0.1) is 0 Å². The zero-order valence-electron chi connectivity index (χ0n) is 10.2. The van der Waals surface area contributed by atoms with Gasteiger partial charge in [-0.05, 0) is 40.2 Å². The molecule has 0 saturated carbocycles. The Bertz CT molecular complexity index is 828. The van der Waals surface area contributed by atoms with Crippen molar-refractivity contribution in [3.8, 4) is 5.69 Å². The first-order valence-electron chi connectivity index (χ1n) is 5.80. The van der Waals surface area contributed by atoms with Crippen LogP contribution >= 0.6 is 28.1 Å². The summed E-state index contributed by atoms with van der Waals surface area (Å²) in [5.41, 5.74) is 8.07. The molecule has 0 aliphatic heterocycles. The van der Waals surface area contributed by atoms with Crippen LogP contribution in [0.2, 0.25) is 0 Å². The summed E-state index contributed by atoms with van der Waals surface area (Å²) < 4.78 is 16.5. The van der Waals surface area contributed by atoms with E-state index < -0.39 is 5.82 Å². The number of hydrogen-bond donors (Lipinski definition) is 1. The number of benzene rings is 2. The number of para-hydroxylation sites is 2. The Morgan fingerprint density at radius 3 is 2.75 bits per heavy atom. The van der Waals surface area contributed by atoms with E-state index in [2.05, 4.69) is 20.9 Å². The van der Waals surface area contributed by atoms with Crippen LogP contribution in [-0.4, -0.2) is 14.5 Å². The minimum Gasteiger partial charge on any atom is -0.389 e. The van der Waals surface area contributed by atoms with Crippen molar-refractivity contribution in [1.29, 1.82) is 0 Å². The fourth-order valence-corrected chi connectivity index (χ4v) is 2.92. The molecule has 3 rings (SSSR count). The topological polar surface area (TPSA) is 43.8 Å². The van der Waals surface area contributed by atoms with Crippen molar-refractivity contribution in [3.63, 3.8) is 0 Å². The maximum atomic E-state index is 14.5. The number of hydrogen-bond acceptors (Lipinski definition) is 2. The SMILES string of the molecule is NC(=S)c1ccc(-n2cnc3ccccc32)c(F)c1Br. The molecule has 0 amide bonds. The summed E-state index contributed by atoms with van der Waals surface area (Å²) in [5.74, 6) is -0.418. The number of thiocarbonyl (C=S) groups is 1. The van der Waals surface area contributed by atoms with Gasteiger partial charge in [0.05, 0.1) is 21.2 Å². The summed E-state index contributed by atoms with van der Waals surface area (Å²) >= 11 is 8.10. The highest BCUT2D eigenvalue weighted by molar-refractivity contribution is 9.10. The number of nitrogens with zero attached hydrogens (tertiary/aromatic N) is 2. The fourth-order valence-electron chi connectivity index (χ4n) is 2.07. The largest absolute Gasteiger partial charge is 0.389 e. The van der Waals surface area contributed by atoms with Crippen LogP contribution in [0.15, 0.2) is 47.2 Å². The van der Waals surface area contributed by atoms with Gasteiger partial charge in [0.2, 0.25) is 0 Å². The average Bonchev–Trinajstić information content (AvgIpc) is 2.85. The second kappa shape index (κ2) is 4.96. The van der Waals surface area contributed by atoms with Gasteiger partial charge >= 0.3 is 0 Å². The Kier molecular flexibility index (Phi) is 3.27. The zero-order valence-corrected chi connectivity index (χ0v) is 12.6. The van der Waals surface area contributed by atoms with Crippen molar-refractivity contribution < 1.29 is 4.39 Å². The first-order valence-corrected chi connectivity index (χ1v) is 7.00. The van der Waals surface area contributed by atoms with Gasteiger partial charge < -0.3 is 5.73 Å². The van der Waals surface area contributed by atoms with Gasteiger partial charge in [0.25, 0.3) is 0 Å². The lowest BCUT2D eigenvalue weighted by Crippen LogP contribution is -2.12. The van der Waals surface area contributed by atoms with E-state index in [9.17, 15) is 4.39 Å². The van der Waals surface area contributed by atoms with Crippen LogP contribution in [0, 0.1) is 5.82 Å². The number of fused-ring (bicyclic) bond motifs is 1. The van der Waals surface area contributed by atoms with Crippen molar-refractivity contribution in [3.05, 3.63) is 58.6 Å². The van der Waals surface area contributed by atoms with E-state index in [0.717, 1.165) is 11.0 Å². The van der Waals surface area contributed by atoms with Crippen molar-refractivity contribution in [2.75, 3.05) is 0 Å². The molecule has 0 aliphatic rings. The first kappa shape index (κ1) is 13.2. The lowest BCUT2D eigenvalue weighted by Gasteiger charge is -2.10. The molecule has 20 heavy (non-hydrogen) atoms. The maximum absolute atomic E-state index is 14.5. The molecule has 3 aromatic rings. The third-order valence-corrected chi connectivity index (χ3v) is 4.04. The van der Waals surface area contributed by atoms with E-state index in [1.807, 2.05) is 24.3 Å². The van der Waals surface area contributed by atoms with E-state index in [1.54, 1.807) is 23.0 Å². The summed E-state index contributed by atoms with van der Waals surface area (Å²) in [4.78, 5) is 4.40. The Hall–Kier alpha value is -1.79. The van der Waals surface area contributed by atoms with Crippen molar-refractivity contribution >= 4 is 44.2 Å². The summed E-state index contributed by atoms with van der Waals surface area (Å²) in [5, 5.41) is 0. The number of halogens is 2. The summed E-state index contributed by atoms with van der Waals surface area (Å²) in [6.45, 7) is 0. The van der Waals surface area contributed by atoms with Crippen molar-refractivity contribution in [2.45, 2.75) is 0 Å². The van der Waals surface area contributed by atoms with E-state index in [1.165, 1.54) is 0 Å². The Morgan fingerprint density at radius 2 is 2.00 bits per heavy atom. The molecule has 2 N–H and O–H groups in total. The molecule has 0 unspecified atom stereocenters. The second-order valence-corrected chi connectivity index (χ2v) is 5.46. The monoisotopic (exact) mass is 349 g/mol. The van der Waals surface area contributed by atoms with Gasteiger partial charge in [-0.25, -0.2) is 9.37 Å². The van der Waals surface area contributed by atoms with Gasteiger partial charge in [0.15, 0.2) is 5.82 Å². The quantitative estimate of drug-likeness (QED) is 0.719. The molecule has 0 bridgehead atoms. The van der Waals surface area contributed by atoms with Crippen LogP contribution in [0.1, 0.15) is 5.56 Å². The molecule has 0 aliphatic carbocycles. The van der Waals surface area contributed by atoms with Gasteiger partial charge in [-0.2, -0.15) is 0 Å². The van der Waals surface area contributed by atoms with Gasteiger partial charge in [-0.3, -0.25) is 4.57 Å². The summed E-state index contributed by atoms with van der Waals surface area (Å²) in [7, 11) is 0. The molecule has 6 heteroatoms. The molecule has 0 atom stereocenters. The van der Waals surface area contributed by atoms with Crippen LogP contribution < -0.4 is 5.73 Å². The Morgan fingerprint density at radius 1 is 1.25 bits per heavy atom.